The largest absolute Gasteiger partial charge is 0.497 e. The highest BCUT2D eigenvalue weighted by atomic mass is 35.5. The molecule has 36 heavy (non-hydrogen) atoms. The van der Waals surface area contributed by atoms with E-state index in [1.165, 1.54) is 0 Å². The Morgan fingerprint density at radius 1 is 1.06 bits per heavy atom. The van der Waals surface area contributed by atoms with E-state index in [4.69, 9.17) is 47.6 Å². The lowest BCUT2D eigenvalue weighted by Gasteiger charge is -2.18. The van der Waals surface area contributed by atoms with Gasteiger partial charge in [0.25, 0.3) is 0 Å². The average Bonchev–Trinajstić information content (AvgIpc) is 3.37. The summed E-state index contributed by atoms with van der Waals surface area (Å²) in [7, 11) is 3.29. The van der Waals surface area contributed by atoms with Crippen molar-refractivity contribution in [1.82, 2.24) is 19.5 Å². The Labute approximate surface area is 224 Å². The lowest BCUT2D eigenvalue weighted by atomic mass is 10.0. The van der Waals surface area contributed by atoms with E-state index in [9.17, 15) is 0 Å². The zero-order valence-corrected chi connectivity index (χ0v) is 22.5. The molecule has 0 radical (unpaired) electrons. The summed E-state index contributed by atoms with van der Waals surface area (Å²) in [6.45, 7) is 0.963. The predicted molar refractivity (Wildman–Crippen MR) is 146 cm³/mol. The Morgan fingerprint density at radius 3 is 2.56 bits per heavy atom. The average molecular weight is 545 g/mol. The number of nitrogens with zero attached hydrogens (tertiary/aromatic N) is 4. The van der Waals surface area contributed by atoms with Crippen LogP contribution in [0, 0.1) is 0 Å². The number of thioether (sulfide) groups is 1. The molecule has 0 unspecified atom stereocenters. The van der Waals surface area contributed by atoms with E-state index in [2.05, 4.69) is 5.32 Å². The van der Waals surface area contributed by atoms with E-state index in [0.717, 1.165) is 64.3 Å². The van der Waals surface area contributed by atoms with Crippen molar-refractivity contribution in [3.8, 4) is 23.0 Å². The smallest absolute Gasteiger partial charge is 0.166 e. The van der Waals surface area contributed by atoms with Crippen LogP contribution in [0.2, 0.25) is 10.0 Å². The number of hydrogen-bond donors (Lipinski definition) is 1. The van der Waals surface area contributed by atoms with E-state index < -0.39 is 0 Å². The molecule has 3 heterocycles. The van der Waals surface area contributed by atoms with Crippen molar-refractivity contribution in [2.45, 2.75) is 31.8 Å². The monoisotopic (exact) mass is 543 g/mol. The van der Waals surface area contributed by atoms with Crippen molar-refractivity contribution in [1.29, 1.82) is 0 Å². The molecule has 0 amide bonds. The number of halogens is 2. The van der Waals surface area contributed by atoms with Crippen LogP contribution in [0.5, 0.6) is 11.5 Å². The summed E-state index contributed by atoms with van der Waals surface area (Å²) in [5.41, 5.74) is 2.55. The molecule has 2 aromatic carbocycles. The maximum atomic E-state index is 6.47. The van der Waals surface area contributed by atoms with Crippen LogP contribution in [-0.2, 0) is 13.1 Å². The van der Waals surface area contributed by atoms with Crippen molar-refractivity contribution in [3.63, 3.8) is 0 Å². The molecule has 0 atom stereocenters. The van der Waals surface area contributed by atoms with Crippen LogP contribution >= 0.6 is 35.0 Å². The quantitative estimate of drug-likeness (QED) is 0.276. The van der Waals surface area contributed by atoms with Gasteiger partial charge in [-0.15, -0.1) is 0 Å². The van der Waals surface area contributed by atoms with E-state index in [0.29, 0.717) is 34.9 Å². The van der Waals surface area contributed by atoms with Gasteiger partial charge in [0.05, 0.1) is 27.1 Å². The molecule has 0 spiro atoms. The van der Waals surface area contributed by atoms with E-state index in [1.807, 2.05) is 52.7 Å². The standard InChI is InChI=1S/C26H27Cl2N5O2S/c1-34-18-7-6-17(22(12-18)35-2)13-29-25-23-26(32-24(31-23)16-8-10-36-11-9-16)33(15-30-25)14-19-20(27)4-3-5-21(19)28/h3-7,12,15-16,29H,8-11,13-14H2,1-2H3. The van der Waals surface area contributed by atoms with Crippen LogP contribution in [-0.4, -0.2) is 45.2 Å². The van der Waals surface area contributed by atoms with Crippen LogP contribution in [0.1, 0.15) is 35.7 Å². The zero-order chi connectivity index (χ0) is 25.1. The first-order valence-electron chi connectivity index (χ1n) is 11.8. The Hall–Kier alpha value is -2.68. The topological polar surface area (TPSA) is 74.1 Å². The first-order valence-corrected chi connectivity index (χ1v) is 13.7. The Morgan fingerprint density at radius 2 is 1.83 bits per heavy atom. The summed E-state index contributed by atoms with van der Waals surface area (Å²) in [4.78, 5) is 14.7. The van der Waals surface area contributed by atoms with Gasteiger partial charge in [0.1, 0.15) is 17.3 Å². The fourth-order valence-electron chi connectivity index (χ4n) is 4.37. The molecule has 1 saturated heterocycles. The number of aromatic nitrogens is 4. The molecule has 0 aliphatic carbocycles. The van der Waals surface area contributed by atoms with Crippen molar-refractivity contribution in [2.24, 2.45) is 0 Å². The number of methoxy groups -OCH3 is 2. The number of rotatable bonds is 8. The molecule has 3 aliphatic rings. The number of fused-ring (bicyclic) bond motifs is 1. The van der Waals surface area contributed by atoms with Gasteiger partial charge in [0.15, 0.2) is 17.3 Å². The number of ether oxygens (including phenoxy) is 2. The van der Waals surface area contributed by atoms with Crippen LogP contribution in [0.15, 0.2) is 42.7 Å². The molecule has 0 bridgehead atoms. The SMILES string of the molecule is COc1ccc(CNc2ncn(Cc3c(Cl)cccc3Cl)c3nc(C4CCSCC4)nc2-3)c(OC)c1. The molecule has 5 rings (SSSR count). The molecule has 0 saturated carbocycles. The fraction of sp³-hybridized carbons (Fsp3) is 0.346. The lowest BCUT2D eigenvalue weighted by molar-refractivity contribution is 0.391. The maximum Gasteiger partial charge on any atom is 0.166 e. The molecular weight excluding hydrogens is 517 g/mol. The second-order valence-corrected chi connectivity index (χ2v) is 10.6. The summed E-state index contributed by atoms with van der Waals surface area (Å²) in [6, 6.07) is 11.3. The summed E-state index contributed by atoms with van der Waals surface area (Å²) >= 11 is 14.9. The van der Waals surface area contributed by atoms with Crippen molar-refractivity contribution < 1.29 is 9.47 Å². The minimum Gasteiger partial charge on any atom is -0.497 e. The number of nitrogens with one attached hydrogen (secondary N) is 1. The van der Waals surface area contributed by atoms with Crippen LogP contribution in [0.4, 0.5) is 5.82 Å². The third-order valence-electron chi connectivity index (χ3n) is 6.40. The third-order valence-corrected chi connectivity index (χ3v) is 8.16. The van der Waals surface area contributed by atoms with Gasteiger partial charge in [-0.25, -0.2) is 15.0 Å². The van der Waals surface area contributed by atoms with Crippen LogP contribution < -0.4 is 14.8 Å². The molecule has 2 aromatic rings. The summed E-state index contributed by atoms with van der Waals surface area (Å²) in [5.74, 6) is 6.41. The second-order valence-electron chi connectivity index (χ2n) is 8.59. The normalized spacial score (nSPS) is 14.2. The molecule has 7 nitrogen and oxygen atoms in total. The summed E-state index contributed by atoms with van der Waals surface area (Å²) in [6.07, 6.45) is 3.93. The Kier molecular flexibility index (Phi) is 7.74. The molecule has 188 valence electrons. The van der Waals surface area contributed by atoms with Crippen molar-refractivity contribution in [2.75, 3.05) is 31.0 Å². The van der Waals surface area contributed by atoms with Gasteiger partial charge in [-0.1, -0.05) is 29.3 Å². The number of anilines is 1. The Bertz CT molecular complexity index is 1310. The van der Waals surface area contributed by atoms with Gasteiger partial charge in [-0.2, -0.15) is 11.8 Å². The minimum atomic E-state index is 0.352. The van der Waals surface area contributed by atoms with Gasteiger partial charge in [-0.05, 0) is 48.6 Å². The third kappa shape index (κ3) is 5.21. The lowest BCUT2D eigenvalue weighted by Crippen LogP contribution is -2.12. The highest BCUT2D eigenvalue weighted by Gasteiger charge is 2.26. The summed E-state index contributed by atoms with van der Waals surface area (Å²) < 4.78 is 12.8. The molecule has 1 N–H and O–H groups in total. The van der Waals surface area contributed by atoms with E-state index in [1.54, 1.807) is 20.5 Å². The zero-order valence-electron chi connectivity index (χ0n) is 20.1. The van der Waals surface area contributed by atoms with Gasteiger partial charge in [-0.3, -0.25) is 0 Å². The predicted octanol–water partition coefficient (Wildman–Crippen LogP) is 6.37. The Balaban J connectivity index is 1.49. The van der Waals surface area contributed by atoms with Crippen LogP contribution in [0.3, 0.4) is 0 Å². The molecular formula is C26H27Cl2N5O2S. The summed E-state index contributed by atoms with van der Waals surface area (Å²) in [5, 5.41) is 4.67. The minimum absolute atomic E-state index is 0.352. The number of hydrogen-bond acceptors (Lipinski definition) is 7. The van der Waals surface area contributed by atoms with Crippen LogP contribution in [0.25, 0.3) is 11.5 Å². The van der Waals surface area contributed by atoms with Gasteiger partial charge in [0.2, 0.25) is 0 Å². The highest BCUT2D eigenvalue weighted by Crippen LogP contribution is 2.36. The number of imidazole rings is 1. The van der Waals surface area contributed by atoms with Crippen molar-refractivity contribution in [3.05, 3.63) is 69.7 Å². The molecule has 3 aliphatic heterocycles. The molecule has 1 fully saturated rings. The second kappa shape index (κ2) is 11.2. The van der Waals surface area contributed by atoms with Crippen molar-refractivity contribution >= 4 is 40.8 Å². The van der Waals surface area contributed by atoms with Gasteiger partial charge >= 0.3 is 0 Å². The molecule has 10 heteroatoms. The fourth-order valence-corrected chi connectivity index (χ4v) is 5.99. The first kappa shape index (κ1) is 25.0. The first-order chi connectivity index (χ1) is 17.6. The van der Waals surface area contributed by atoms with E-state index >= 15 is 0 Å². The van der Waals surface area contributed by atoms with Gasteiger partial charge in [0, 0.05) is 39.7 Å². The van der Waals surface area contributed by atoms with Gasteiger partial charge < -0.3 is 19.4 Å². The number of benzene rings is 2. The molecule has 0 aromatic heterocycles. The maximum absolute atomic E-state index is 6.47. The van der Waals surface area contributed by atoms with E-state index in [-0.39, 0.29) is 0 Å². The highest BCUT2D eigenvalue weighted by molar-refractivity contribution is 7.99.